The van der Waals surface area contributed by atoms with Crippen LogP contribution in [0.1, 0.15) is 13.3 Å². The van der Waals surface area contributed by atoms with Crippen LogP contribution in [0.3, 0.4) is 0 Å². The quantitative estimate of drug-likeness (QED) is 0.399. The SMILES string of the molecule is CCC(CNC(N)=[N+](C)C)NS(=O)(=O)c1cccc2cnccc12. The number of aromatic nitrogens is 1. The predicted molar refractivity (Wildman–Crippen MR) is 95.4 cm³/mol. The van der Waals surface area contributed by atoms with Crippen LogP contribution in [-0.2, 0) is 10.0 Å². The molecule has 0 aliphatic rings. The summed E-state index contributed by atoms with van der Waals surface area (Å²) in [5.41, 5.74) is 5.82. The zero-order valence-corrected chi connectivity index (χ0v) is 15.0. The van der Waals surface area contributed by atoms with Gasteiger partial charge in [-0.05, 0) is 18.6 Å². The average molecular weight is 350 g/mol. The molecular formula is C16H24N5O2S+. The second-order valence-corrected chi connectivity index (χ2v) is 7.42. The van der Waals surface area contributed by atoms with Gasteiger partial charge in [-0.25, -0.2) is 13.1 Å². The minimum atomic E-state index is -3.65. The fourth-order valence-corrected chi connectivity index (χ4v) is 3.81. The van der Waals surface area contributed by atoms with Gasteiger partial charge in [0.05, 0.1) is 31.6 Å². The van der Waals surface area contributed by atoms with Crippen molar-refractivity contribution < 1.29 is 13.0 Å². The second-order valence-electron chi connectivity index (χ2n) is 5.74. The number of benzene rings is 1. The zero-order valence-electron chi connectivity index (χ0n) is 14.2. The van der Waals surface area contributed by atoms with Gasteiger partial charge < -0.3 is 0 Å². The molecule has 24 heavy (non-hydrogen) atoms. The van der Waals surface area contributed by atoms with E-state index in [1.54, 1.807) is 35.2 Å². The summed E-state index contributed by atoms with van der Waals surface area (Å²) in [4.78, 5) is 4.29. The topological polar surface area (TPSA) is 100 Å². The molecule has 4 N–H and O–H groups in total. The van der Waals surface area contributed by atoms with E-state index < -0.39 is 10.0 Å². The van der Waals surface area contributed by atoms with Gasteiger partial charge in [0.25, 0.3) is 0 Å². The first-order valence-corrected chi connectivity index (χ1v) is 9.22. The minimum Gasteiger partial charge on any atom is -0.291 e. The molecule has 8 heteroatoms. The van der Waals surface area contributed by atoms with Crippen LogP contribution in [0.25, 0.3) is 10.8 Å². The Balaban J connectivity index is 2.24. The number of nitrogens with two attached hydrogens (primary N) is 1. The number of fused-ring (bicyclic) bond motifs is 1. The summed E-state index contributed by atoms with van der Waals surface area (Å²) in [6.07, 6.45) is 3.88. The third-order valence-electron chi connectivity index (χ3n) is 3.76. The van der Waals surface area contributed by atoms with Gasteiger partial charge in [-0.15, -0.1) is 0 Å². The molecule has 7 nitrogen and oxygen atoms in total. The Kier molecular flexibility index (Phi) is 5.74. The number of rotatable bonds is 6. The van der Waals surface area contributed by atoms with Gasteiger partial charge in [0.1, 0.15) is 0 Å². The molecule has 0 aliphatic heterocycles. The minimum absolute atomic E-state index is 0.255. The highest BCUT2D eigenvalue weighted by Crippen LogP contribution is 2.22. The van der Waals surface area contributed by atoms with E-state index in [2.05, 4.69) is 15.0 Å². The van der Waals surface area contributed by atoms with E-state index in [0.29, 0.717) is 24.3 Å². The molecule has 130 valence electrons. The average Bonchev–Trinajstić information content (AvgIpc) is 2.57. The van der Waals surface area contributed by atoms with E-state index in [9.17, 15) is 8.42 Å². The molecule has 2 aromatic rings. The van der Waals surface area contributed by atoms with Crippen molar-refractivity contribution in [1.82, 2.24) is 15.0 Å². The Labute approximate surface area is 142 Å². The Hall–Kier alpha value is -2.19. The molecule has 0 radical (unpaired) electrons. The molecule has 1 aromatic carbocycles. The molecule has 1 atom stereocenters. The fraction of sp³-hybridized carbons (Fsp3) is 0.375. The zero-order chi connectivity index (χ0) is 17.7. The third-order valence-corrected chi connectivity index (χ3v) is 5.33. The first kappa shape index (κ1) is 18.2. The summed E-state index contributed by atoms with van der Waals surface area (Å²) in [5.74, 6) is 0.490. The molecular weight excluding hydrogens is 326 g/mol. The maximum absolute atomic E-state index is 12.8. The summed E-state index contributed by atoms with van der Waals surface area (Å²) in [7, 11) is -0.0137. The van der Waals surface area contributed by atoms with E-state index in [1.165, 1.54) is 0 Å². The maximum atomic E-state index is 12.8. The number of guanidine groups is 1. The number of hydrogen-bond donors (Lipinski definition) is 3. The molecule has 0 saturated heterocycles. The van der Waals surface area contributed by atoms with Crippen molar-refractivity contribution in [3.8, 4) is 0 Å². The van der Waals surface area contributed by atoms with Crippen LogP contribution in [0.5, 0.6) is 0 Å². The Morgan fingerprint density at radius 3 is 2.75 bits per heavy atom. The van der Waals surface area contributed by atoms with Crippen molar-refractivity contribution in [2.24, 2.45) is 5.73 Å². The molecule has 0 amide bonds. The van der Waals surface area contributed by atoms with Crippen LogP contribution in [-0.4, -0.2) is 50.6 Å². The van der Waals surface area contributed by atoms with Gasteiger partial charge in [0, 0.05) is 23.2 Å². The number of hydrogen-bond acceptors (Lipinski definition) is 3. The Morgan fingerprint density at radius 1 is 1.33 bits per heavy atom. The molecule has 1 unspecified atom stereocenters. The largest absolute Gasteiger partial charge is 0.343 e. The molecule has 0 spiro atoms. The highest BCUT2D eigenvalue weighted by Gasteiger charge is 2.22. The Bertz CT molecular complexity index is 839. The summed E-state index contributed by atoms with van der Waals surface area (Å²) in [6.45, 7) is 2.33. The number of sulfonamides is 1. The Morgan fingerprint density at radius 2 is 2.08 bits per heavy atom. The molecule has 0 saturated carbocycles. The number of nitrogens with zero attached hydrogens (tertiary/aromatic N) is 2. The smallest absolute Gasteiger partial charge is 0.291 e. The van der Waals surface area contributed by atoms with E-state index in [-0.39, 0.29) is 10.9 Å². The van der Waals surface area contributed by atoms with Crippen LogP contribution in [0.4, 0.5) is 0 Å². The fourth-order valence-electron chi connectivity index (χ4n) is 2.27. The molecule has 0 fully saturated rings. The van der Waals surface area contributed by atoms with Crippen LogP contribution < -0.4 is 15.8 Å². The third kappa shape index (κ3) is 4.21. The number of nitrogens with one attached hydrogen (secondary N) is 2. The van der Waals surface area contributed by atoms with Gasteiger partial charge in [-0.3, -0.25) is 20.6 Å². The van der Waals surface area contributed by atoms with Crippen molar-refractivity contribution in [1.29, 1.82) is 0 Å². The molecule has 0 bridgehead atoms. The van der Waals surface area contributed by atoms with Crippen molar-refractivity contribution in [3.05, 3.63) is 36.7 Å². The van der Waals surface area contributed by atoms with Crippen LogP contribution >= 0.6 is 0 Å². The van der Waals surface area contributed by atoms with Gasteiger partial charge in [-0.1, -0.05) is 19.1 Å². The second kappa shape index (κ2) is 7.59. The van der Waals surface area contributed by atoms with Crippen molar-refractivity contribution in [3.63, 3.8) is 0 Å². The van der Waals surface area contributed by atoms with Crippen molar-refractivity contribution in [2.45, 2.75) is 24.3 Å². The standard InChI is InChI=1S/C16H23N5O2S/c1-4-13(11-19-16(17)21(2)3)20-24(22,23)15-7-5-6-12-10-18-9-8-14(12)15/h5-10,13,20H,4,11H2,1-3H3,(H2,17,19)/p+1. The summed E-state index contributed by atoms with van der Waals surface area (Å²) >= 11 is 0. The van der Waals surface area contributed by atoms with Gasteiger partial charge in [0.2, 0.25) is 10.0 Å². The normalized spacial score (nSPS) is 12.8. The summed E-state index contributed by atoms with van der Waals surface area (Å²) in [6, 6.07) is 6.60. The van der Waals surface area contributed by atoms with E-state index in [0.717, 1.165) is 5.39 Å². The lowest BCUT2D eigenvalue weighted by Gasteiger charge is -2.17. The van der Waals surface area contributed by atoms with Gasteiger partial charge in [-0.2, -0.15) is 0 Å². The molecule has 1 heterocycles. The van der Waals surface area contributed by atoms with E-state index in [4.69, 9.17) is 5.73 Å². The highest BCUT2D eigenvalue weighted by atomic mass is 32.2. The van der Waals surface area contributed by atoms with E-state index >= 15 is 0 Å². The van der Waals surface area contributed by atoms with Crippen molar-refractivity contribution in [2.75, 3.05) is 20.6 Å². The molecule has 0 aliphatic carbocycles. The van der Waals surface area contributed by atoms with Crippen LogP contribution in [0.2, 0.25) is 0 Å². The van der Waals surface area contributed by atoms with Crippen LogP contribution in [0.15, 0.2) is 41.6 Å². The highest BCUT2D eigenvalue weighted by molar-refractivity contribution is 7.89. The first-order chi connectivity index (χ1) is 11.3. The lowest BCUT2D eigenvalue weighted by Crippen LogP contribution is -2.47. The van der Waals surface area contributed by atoms with Crippen LogP contribution in [0, 0.1) is 0 Å². The summed E-state index contributed by atoms with van der Waals surface area (Å²) in [5, 5.41) is 4.47. The predicted octanol–water partition coefficient (Wildman–Crippen LogP) is 0.468. The van der Waals surface area contributed by atoms with E-state index in [1.807, 2.05) is 27.1 Å². The van der Waals surface area contributed by atoms with Gasteiger partial charge in [0.15, 0.2) is 0 Å². The lowest BCUT2D eigenvalue weighted by atomic mass is 10.2. The first-order valence-electron chi connectivity index (χ1n) is 7.74. The summed E-state index contributed by atoms with van der Waals surface area (Å²) < 4.78 is 30.1. The number of pyridine rings is 1. The van der Waals surface area contributed by atoms with Gasteiger partial charge >= 0.3 is 5.96 Å². The lowest BCUT2D eigenvalue weighted by molar-refractivity contribution is -0.467. The maximum Gasteiger partial charge on any atom is 0.343 e. The molecule has 2 rings (SSSR count). The molecule has 1 aromatic heterocycles. The monoisotopic (exact) mass is 350 g/mol. The van der Waals surface area contributed by atoms with Crippen molar-refractivity contribution >= 4 is 26.8 Å².